The van der Waals surface area contributed by atoms with Crippen molar-refractivity contribution in [1.29, 1.82) is 0 Å². The van der Waals surface area contributed by atoms with Gasteiger partial charge in [0.15, 0.2) is 16.6 Å². The molecule has 7 heteroatoms. The van der Waals surface area contributed by atoms with Gasteiger partial charge in [0.1, 0.15) is 6.54 Å². The molecule has 0 atom stereocenters. The molecule has 140 valence electrons. The average molecular weight is 376 g/mol. The molecule has 4 N–H and O–H groups in total. The van der Waals surface area contributed by atoms with Gasteiger partial charge in [0.2, 0.25) is 0 Å². The lowest BCUT2D eigenvalue weighted by Crippen LogP contribution is -3.04. The van der Waals surface area contributed by atoms with Crippen molar-refractivity contribution < 1.29 is 14.1 Å². The molecule has 0 spiro atoms. The van der Waals surface area contributed by atoms with E-state index >= 15 is 0 Å². The molecular weight excluding hydrogens is 348 g/mol. The molecule has 1 aromatic carbocycles. The van der Waals surface area contributed by atoms with Crippen molar-refractivity contribution in [2.75, 3.05) is 19.4 Å². The first kappa shape index (κ1) is 19.9. The third kappa shape index (κ3) is 6.50. The van der Waals surface area contributed by atoms with E-state index in [0.717, 1.165) is 24.4 Å². The second-order valence-electron chi connectivity index (χ2n) is 6.48. The first-order valence-electron chi connectivity index (χ1n) is 8.82. The lowest BCUT2D eigenvalue weighted by Gasteiger charge is -2.11. The van der Waals surface area contributed by atoms with E-state index in [1.807, 2.05) is 26.2 Å². The Hall–Kier alpha value is -2.38. The minimum absolute atomic E-state index is 0.247. The van der Waals surface area contributed by atoms with Crippen molar-refractivity contribution in [3.05, 3.63) is 53.5 Å². The molecule has 26 heavy (non-hydrogen) atoms. The summed E-state index contributed by atoms with van der Waals surface area (Å²) < 4.78 is 5.52. The van der Waals surface area contributed by atoms with E-state index in [4.69, 9.17) is 16.6 Å². The Balaban J connectivity index is 1.79. The molecule has 0 saturated heterocycles. The van der Waals surface area contributed by atoms with E-state index in [1.54, 1.807) is 12.1 Å². The zero-order valence-electron chi connectivity index (χ0n) is 15.5. The number of nitrogens with one attached hydrogen (secondary N) is 4. The second kappa shape index (κ2) is 9.94. The van der Waals surface area contributed by atoms with E-state index in [-0.39, 0.29) is 11.7 Å². The van der Waals surface area contributed by atoms with Crippen LogP contribution >= 0.6 is 12.2 Å². The van der Waals surface area contributed by atoms with Crippen molar-refractivity contribution in [1.82, 2.24) is 10.9 Å². The van der Waals surface area contributed by atoms with Crippen LogP contribution in [0.25, 0.3) is 0 Å². The number of quaternary nitrogens is 1. The molecule has 1 amide bonds. The van der Waals surface area contributed by atoms with Gasteiger partial charge in [0, 0.05) is 5.69 Å². The van der Waals surface area contributed by atoms with Gasteiger partial charge in [-0.15, -0.1) is 0 Å². The minimum Gasteiger partial charge on any atom is -0.450 e. The Morgan fingerprint density at radius 3 is 2.50 bits per heavy atom. The summed E-state index contributed by atoms with van der Waals surface area (Å²) in [6.45, 7) is 2.90. The summed E-state index contributed by atoms with van der Waals surface area (Å²) in [5.41, 5.74) is 7.39. The van der Waals surface area contributed by atoms with Crippen molar-refractivity contribution in [2.24, 2.45) is 0 Å². The number of hydrogen-bond acceptors (Lipinski definition) is 3. The molecule has 0 aliphatic rings. The van der Waals surface area contributed by atoms with Crippen LogP contribution in [0.15, 0.2) is 40.8 Å². The number of rotatable bonds is 7. The molecule has 0 aliphatic carbocycles. The predicted molar refractivity (Wildman–Crippen MR) is 107 cm³/mol. The van der Waals surface area contributed by atoms with E-state index in [0.29, 0.717) is 5.11 Å². The number of amides is 1. The Kier molecular flexibility index (Phi) is 7.62. The number of carbonyl (C=O) groups excluding carboxylic acids is 1. The molecule has 0 bridgehead atoms. The molecule has 0 radical (unpaired) electrons. The second-order valence-corrected chi connectivity index (χ2v) is 6.89. The third-order valence-electron chi connectivity index (χ3n) is 3.73. The highest BCUT2D eigenvalue weighted by molar-refractivity contribution is 7.80. The standard InChI is InChI=1S/C19H26N4O2S/c1-4-5-6-14-7-9-15(10-8-14)20-19(26)22-21-18(24)17-12-11-16(25-17)13-23(2)3/h7-12H,4-6,13H2,1-3H3,(H,21,24)(H2,20,22,26)/p+1. The van der Waals surface area contributed by atoms with Gasteiger partial charge in [-0.1, -0.05) is 25.5 Å². The van der Waals surface area contributed by atoms with Crippen LogP contribution in [0.1, 0.15) is 41.6 Å². The highest BCUT2D eigenvalue weighted by Crippen LogP contribution is 2.11. The van der Waals surface area contributed by atoms with Gasteiger partial charge in [0.25, 0.3) is 0 Å². The lowest BCUT2D eigenvalue weighted by atomic mass is 10.1. The number of thiocarbonyl (C=S) groups is 1. The van der Waals surface area contributed by atoms with Gasteiger partial charge >= 0.3 is 5.91 Å². The van der Waals surface area contributed by atoms with Crippen LogP contribution in [0, 0.1) is 0 Å². The molecule has 0 unspecified atom stereocenters. The summed E-state index contributed by atoms with van der Waals surface area (Å²) in [7, 11) is 4.04. The van der Waals surface area contributed by atoms with Gasteiger partial charge in [0.05, 0.1) is 14.1 Å². The van der Waals surface area contributed by atoms with Crippen LogP contribution in [-0.4, -0.2) is 25.1 Å². The fraction of sp³-hybridized carbons (Fsp3) is 0.368. The fourth-order valence-electron chi connectivity index (χ4n) is 2.42. The number of aryl methyl sites for hydroxylation is 1. The maximum Gasteiger partial charge on any atom is 0.305 e. The van der Waals surface area contributed by atoms with Crippen LogP contribution in [0.3, 0.4) is 0 Å². The highest BCUT2D eigenvalue weighted by atomic mass is 32.1. The van der Waals surface area contributed by atoms with Gasteiger partial charge < -0.3 is 14.6 Å². The summed E-state index contributed by atoms with van der Waals surface area (Å²) in [6, 6.07) is 11.6. The maximum atomic E-state index is 12.1. The molecule has 0 fully saturated rings. The predicted octanol–water partition coefficient (Wildman–Crippen LogP) is 1.90. The highest BCUT2D eigenvalue weighted by Gasteiger charge is 2.12. The van der Waals surface area contributed by atoms with Crippen LogP contribution in [-0.2, 0) is 13.0 Å². The largest absolute Gasteiger partial charge is 0.450 e. The molecule has 2 aromatic rings. The Bertz CT molecular complexity index is 725. The summed E-state index contributed by atoms with van der Waals surface area (Å²) >= 11 is 5.20. The molecule has 1 aromatic heterocycles. The number of benzene rings is 1. The van der Waals surface area contributed by atoms with Crippen molar-refractivity contribution >= 4 is 28.9 Å². The molecule has 2 rings (SSSR count). The zero-order chi connectivity index (χ0) is 18.9. The Morgan fingerprint density at radius 2 is 1.85 bits per heavy atom. The van der Waals surface area contributed by atoms with Crippen molar-refractivity contribution in [2.45, 2.75) is 32.7 Å². The number of hydrogen-bond donors (Lipinski definition) is 4. The van der Waals surface area contributed by atoms with Gasteiger partial charge in [-0.3, -0.25) is 15.6 Å². The molecule has 0 saturated carbocycles. The SMILES string of the molecule is CCCCc1ccc(NC(=S)NNC(=O)c2ccc(C[NH+](C)C)o2)cc1. The number of anilines is 1. The lowest BCUT2D eigenvalue weighted by molar-refractivity contribution is -0.873. The van der Waals surface area contributed by atoms with Crippen LogP contribution < -0.4 is 21.1 Å². The monoisotopic (exact) mass is 375 g/mol. The normalized spacial score (nSPS) is 10.6. The summed E-state index contributed by atoms with van der Waals surface area (Å²) in [5, 5.41) is 3.34. The van der Waals surface area contributed by atoms with Crippen molar-refractivity contribution in [3.63, 3.8) is 0 Å². The summed E-state index contributed by atoms with van der Waals surface area (Å²) in [4.78, 5) is 13.3. The summed E-state index contributed by atoms with van der Waals surface area (Å²) in [5.74, 6) is 0.639. The third-order valence-corrected chi connectivity index (χ3v) is 3.94. The topological polar surface area (TPSA) is 70.7 Å². The fourth-order valence-corrected chi connectivity index (χ4v) is 2.59. The average Bonchev–Trinajstić information content (AvgIpc) is 3.07. The molecule has 1 heterocycles. The van der Waals surface area contributed by atoms with Crippen LogP contribution in [0.4, 0.5) is 5.69 Å². The van der Waals surface area contributed by atoms with E-state index in [2.05, 4.69) is 35.2 Å². The van der Waals surface area contributed by atoms with Gasteiger partial charge in [-0.05, 0) is 54.9 Å². The van der Waals surface area contributed by atoms with Gasteiger partial charge in [-0.25, -0.2) is 0 Å². The first-order chi connectivity index (χ1) is 12.5. The Labute approximate surface area is 159 Å². The first-order valence-corrected chi connectivity index (χ1v) is 9.22. The number of carbonyl (C=O) groups is 1. The van der Waals surface area contributed by atoms with Gasteiger partial charge in [-0.2, -0.15) is 0 Å². The maximum absolute atomic E-state index is 12.1. The zero-order valence-corrected chi connectivity index (χ0v) is 16.3. The molecular formula is C19H27N4O2S+. The quantitative estimate of drug-likeness (QED) is 0.440. The number of furan rings is 1. The van der Waals surface area contributed by atoms with E-state index in [9.17, 15) is 4.79 Å². The number of unbranched alkanes of at least 4 members (excludes halogenated alkanes) is 1. The van der Waals surface area contributed by atoms with E-state index < -0.39 is 0 Å². The van der Waals surface area contributed by atoms with Crippen LogP contribution in [0.2, 0.25) is 0 Å². The minimum atomic E-state index is -0.371. The smallest absolute Gasteiger partial charge is 0.305 e. The van der Waals surface area contributed by atoms with Crippen molar-refractivity contribution in [3.8, 4) is 0 Å². The Morgan fingerprint density at radius 1 is 1.12 bits per heavy atom. The molecule has 6 nitrogen and oxygen atoms in total. The number of hydrazine groups is 1. The van der Waals surface area contributed by atoms with E-state index in [1.165, 1.54) is 23.3 Å². The molecule has 0 aliphatic heterocycles. The summed E-state index contributed by atoms with van der Waals surface area (Å²) in [6.07, 6.45) is 3.44. The van der Waals surface area contributed by atoms with Crippen LogP contribution in [0.5, 0.6) is 0 Å².